The van der Waals surface area contributed by atoms with Crippen LogP contribution in [-0.2, 0) is 0 Å². The van der Waals surface area contributed by atoms with E-state index in [2.05, 4.69) is 0 Å². The van der Waals surface area contributed by atoms with Gasteiger partial charge in [0.1, 0.15) is 23.3 Å². The van der Waals surface area contributed by atoms with Gasteiger partial charge in [0.05, 0.1) is 6.61 Å². The summed E-state index contributed by atoms with van der Waals surface area (Å²) in [4.78, 5) is 0. The highest BCUT2D eigenvalue weighted by Gasteiger charge is 2.26. The normalized spacial score (nSPS) is 9.67. The van der Waals surface area contributed by atoms with Crippen molar-refractivity contribution in [2.24, 2.45) is 0 Å². The van der Waals surface area contributed by atoms with E-state index in [1.54, 1.807) is 0 Å². The van der Waals surface area contributed by atoms with Gasteiger partial charge in [-0.3, -0.25) is 0 Å². The van der Waals surface area contributed by atoms with Crippen LogP contribution < -0.4 is 4.74 Å². The van der Waals surface area contributed by atoms with Crippen molar-refractivity contribution >= 4 is 0 Å². The molecule has 18 heavy (non-hydrogen) atoms. The Balaban J connectivity index is 3.34. The van der Waals surface area contributed by atoms with Gasteiger partial charge in [0.15, 0.2) is 17.4 Å². The average Bonchev–Trinajstić information content (AvgIpc) is 2.36. The third-order valence-corrected chi connectivity index (χ3v) is 2.25. The molecule has 0 aliphatic heterocycles. The molecule has 0 aromatic heterocycles. The molecule has 1 rings (SSSR count). The van der Waals surface area contributed by atoms with Gasteiger partial charge >= 0.3 is 0 Å². The molecule has 94 valence electrons. The Hall–Kier alpha value is -2.21. The molecule has 0 bridgehead atoms. The number of unbranched alkanes of at least 4 members (excludes halogenated alkanes) is 1. The van der Waals surface area contributed by atoms with E-state index < -0.39 is 34.3 Å². The molecule has 0 radical (unpaired) electrons. The lowest BCUT2D eigenvalue weighted by Crippen LogP contribution is -2.07. The van der Waals surface area contributed by atoms with Crippen LogP contribution >= 0.6 is 0 Å². The van der Waals surface area contributed by atoms with Crippen molar-refractivity contribution in [3.8, 4) is 17.9 Å². The van der Waals surface area contributed by atoms with Gasteiger partial charge in [-0.05, 0) is 6.42 Å². The Morgan fingerprint density at radius 1 is 1.00 bits per heavy atom. The molecule has 0 aliphatic rings. The summed E-state index contributed by atoms with van der Waals surface area (Å²) in [7, 11) is 0. The van der Waals surface area contributed by atoms with Gasteiger partial charge in [0.2, 0.25) is 5.82 Å². The van der Waals surface area contributed by atoms with Crippen LogP contribution in [0.15, 0.2) is 0 Å². The molecule has 1 aromatic carbocycles. The summed E-state index contributed by atoms with van der Waals surface area (Å²) in [6.45, 7) is 1.89. The Morgan fingerprint density at radius 3 is 2.11 bits per heavy atom. The van der Waals surface area contributed by atoms with Crippen molar-refractivity contribution in [1.82, 2.24) is 0 Å². The summed E-state index contributed by atoms with van der Waals surface area (Å²) in [5, 5.41) is 17.2. The molecule has 0 saturated carbocycles. The number of ether oxygens (including phenoxy) is 1. The largest absolute Gasteiger partial charge is 0.489 e. The maximum atomic E-state index is 13.6. The average molecular weight is 254 g/mol. The Bertz CT molecular complexity index is 544. The first-order valence-electron chi connectivity index (χ1n) is 5.21. The Labute approximate surface area is 102 Å². The van der Waals surface area contributed by atoms with Gasteiger partial charge in [0, 0.05) is 0 Å². The van der Waals surface area contributed by atoms with E-state index in [9.17, 15) is 13.2 Å². The van der Waals surface area contributed by atoms with Crippen LogP contribution in [0.2, 0.25) is 0 Å². The summed E-state index contributed by atoms with van der Waals surface area (Å²) >= 11 is 0. The van der Waals surface area contributed by atoms with E-state index in [1.807, 2.05) is 6.92 Å². The number of hydrogen-bond donors (Lipinski definition) is 0. The summed E-state index contributed by atoms with van der Waals surface area (Å²) in [6, 6.07) is 2.55. The van der Waals surface area contributed by atoms with Crippen molar-refractivity contribution in [3.63, 3.8) is 0 Å². The van der Waals surface area contributed by atoms with Gasteiger partial charge in [-0.2, -0.15) is 14.9 Å². The van der Waals surface area contributed by atoms with E-state index in [0.717, 1.165) is 6.42 Å². The second-order valence-electron chi connectivity index (χ2n) is 3.45. The molecule has 0 saturated heterocycles. The third kappa shape index (κ3) is 2.38. The number of nitriles is 2. The van der Waals surface area contributed by atoms with Gasteiger partial charge in [-0.1, -0.05) is 13.3 Å². The predicted octanol–water partition coefficient (Wildman–Crippen LogP) is 3.03. The topological polar surface area (TPSA) is 56.8 Å². The van der Waals surface area contributed by atoms with Crippen molar-refractivity contribution in [2.45, 2.75) is 19.8 Å². The van der Waals surface area contributed by atoms with E-state index in [4.69, 9.17) is 15.3 Å². The minimum Gasteiger partial charge on any atom is -0.489 e. The van der Waals surface area contributed by atoms with Crippen LogP contribution in [-0.4, -0.2) is 6.61 Å². The van der Waals surface area contributed by atoms with Crippen LogP contribution in [0, 0.1) is 40.1 Å². The van der Waals surface area contributed by atoms with Crippen LogP contribution in [0.5, 0.6) is 5.75 Å². The molecule has 0 fully saturated rings. The highest BCUT2D eigenvalue weighted by Crippen LogP contribution is 2.30. The second-order valence-corrected chi connectivity index (χ2v) is 3.45. The molecular formula is C12H9F3N2O. The fourth-order valence-corrected chi connectivity index (χ4v) is 1.29. The quantitative estimate of drug-likeness (QED) is 0.613. The highest BCUT2D eigenvalue weighted by atomic mass is 19.2. The zero-order chi connectivity index (χ0) is 13.7. The first kappa shape index (κ1) is 13.9. The zero-order valence-corrected chi connectivity index (χ0v) is 9.56. The molecule has 0 spiro atoms. The molecule has 0 aliphatic carbocycles. The van der Waals surface area contributed by atoms with Gasteiger partial charge in [-0.25, -0.2) is 8.78 Å². The van der Waals surface area contributed by atoms with Crippen molar-refractivity contribution in [2.75, 3.05) is 6.61 Å². The summed E-state index contributed by atoms with van der Waals surface area (Å²) < 4.78 is 45.3. The van der Waals surface area contributed by atoms with E-state index in [-0.39, 0.29) is 6.61 Å². The number of hydrogen-bond acceptors (Lipinski definition) is 3. The van der Waals surface area contributed by atoms with Crippen LogP contribution in [0.25, 0.3) is 0 Å². The lowest BCUT2D eigenvalue weighted by molar-refractivity contribution is 0.285. The lowest BCUT2D eigenvalue weighted by Gasteiger charge is -2.10. The van der Waals surface area contributed by atoms with E-state index in [1.165, 1.54) is 12.1 Å². The standard InChI is InChI=1S/C12H9F3N2O/c1-2-3-4-18-12-8(6-17)9(13)7(5-16)10(14)11(12)15/h2-4H2,1H3. The van der Waals surface area contributed by atoms with Crippen molar-refractivity contribution in [1.29, 1.82) is 10.5 Å². The molecule has 0 atom stereocenters. The van der Waals surface area contributed by atoms with Crippen LogP contribution in [0.3, 0.4) is 0 Å². The molecular weight excluding hydrogens is 245 g/mol. The van der Waals surface area contributed by atoms with E-state index in [0.29, 0.717) is 6.42 Å². The fraction of sp³-hybridized carbons (Fsp3) is 0.333. The molecule has 0 amide bonds. The number of rotatable bonds is 4. The molecule has 0 N–H and O–H groups in total. The first-order chi connectivity index (χ1) is 8.58. The molecule has 0 heterocycles. The predicted molar refractivity (Wildman–Crippen MR) is 56.1 cm³/mol. The maximum absolute atomic E-state index is 13.6. The zero-order valence-electron chi connectivity index (χ0n) is 9.56. The lowest BCUT2D eigenvalue weighted by atomic mass is 10.1. The molecule has 0 unspecified atom stereocenters. The summed E-state index contributed by atoms with van der Waals surface area (Å²) in [5.74, 6) is -5.33. The smallest absolute Gasteiger partial charge is 0.203 e. The Kier molecular flexibility index (Phi) is 4.56. The van der Waals surface area contributed by atoms with Crippen LogP contribution in [0.1, 0.15) is 30.9 Å². The fourth-order valence-electron chi connectivity index (χ4n) is 1.29. The van der Waals surface area contributed by atoms with Crippen molar-refractivity contribution in [3.05, 3.63) is 28.6 Å². The maximum Gasteiger partial charge on any atom is 0.203 e. The number of halogens is 3. The minimum atomic E-state index is -1.64. The van der Waals surface area contributed by atoms with Gasteiger partial charge < -0.3 is 4.74 Å². The SMILES string of the molecule is CCCCOc1c(F)c(F)c(C#N)c(F)c1C#N. The summed E-state index contributed by atoms with van der Waals surface area (Å²) in [5.41, 5.74) is -1.91. The van der Waals surface area contributed by atoms with Gasteiger partial charge in [0.25, 0.3) is 0 Å². The highest BCUT2D eigenvalue weighted by molar-refractivity contribution is 5.51. The second kappa shape index (κ2) is 5.92. The minimum absolute atomic E-state index is 0.0346. The molecule has 6 heteroatoms. The number of benzene rings is 1. The first-order valence-corrected chi connectivity index (χ1v) is 5.21. The summed E-state index contributed by atoms with van der Waals surface area (Å²) in [6.07, 6.45) is 1.29. The third-order valence-electron chi connectivity index (χ3n) is 2.25. The van der Waals surface area contributed by atoms with Gasteiger partial charge in [-0.15, -0.1) is 0 Å². The van der Waals surface area contributed by atoms with Crippen LogP contribution in [0.4, 0.5) is 13.2 Å². The molecule has 1 aromatic rings. The number of nitrogens with zero attached hydrogens (tertiary/aromatic N) is 2. The monoisotopic (exact) mass is 254 g/mol. The molecule has 3 nitrogen and oxygen atoms in total. The van der Waals surface area contributed by atoms with Crippen molar-refractivity contribution < 1.29 is 17.9 Å². The Morgan fingerprint density at radius 2 is 1.61 bits per heavy atom. The van der Waals surface area contributed by atoms with E-state index >= 15 is 0 Å².